The Kier molecular flexibility index (Phi) is 4.66. The van der Waals surface area contributed by atoms with E-state index in [1.54, 1.807) is 11.8 Å². The van der Waals surface area contributed by atoms with E-state index in [-0.39, 0.29) is 0 Å². The minimum atomic E-state index is 0.710. The highest BCUT2D eigenvalue weighted by molar-refractivity contribution is 7.99. The number of rotatable bonds is 1. The zero-order valence-corrected chi connectivity index (χ0v) is 25.4. The predicted octanol–water partition coefficient (Wildman–Crippen LogP) is 11.5. The lowest BCUT2D eigenvalue weighted by atomic mass is 9.98. The van der Waals surface area contributed by atoms with Crippen LogP contribution < -0.4 is 0 Å². The van der Waals surface area contributed by atoms with Crippen molar-refractivity contribution < 1.29 is 0 Å². The molecule has 4 heterocycles. The lowest BCUT2D eigenvalue weighted by Crippen LogP contribution is -2.06. The second-order valence-electron chi connectivity index (χ2n) is 11.7. The smallest absolute Gasteiger partial charge is 0.235 e. The summed E-state index contributed by atoms with van der Waals surface area (Å²) in [5.41, 5.74) is 5.47. The van der Waals surface area contributed by atoms with E-state index >= 15 is 0 Å². The van der Waals surface area contributed by atoms with E-state index in [0.29, 0.717) is 5.95 Å². The first kappa shape index (κ1) is 24.1. The van der Waals surface area contributed by atoms with Crippen LogP contribution >= 0.6 is 23.1 Å². The Bertz CT molecular complexity index is 2910. The number of hydrogen-bond acceptors (Lipinski definition) is 4. The topological polar surface area (TPSA) is 30.7 Å². The van der Waals surface area contributed by atoms with Gasteiger partial charge in [-0.2, -0.15) is 0 Å². The van der Waals surface area contributed by atoms with Crippen molar-refractivity contribution in [3.63, 3.8) is 0 Å². The van der Waals surface area contributed by atoms with Crippen LogP contribution in [0.25, 0.3) is 91.6 Å². The van der Waals surface area contributed by atoms with Crippen LogP contribution in [0.15, 0.2) is 137 Å². The maximum atomic E-state index is 5.51. The lowest BCUT2D eigenvalue weighted by Gasteiger charge is -2.20. The molecule has 5 heteroatoms. The van der Waals surface area contributed by atoms with Gasteiger partial charge in [0.15, 0.2) is 0 Å². The summed E-state index contributed by atoms with van der Waals surface area (Å²) < 4.78 is 4.94. The lowest BCUT2D eigenvalue weighted by molar-refractivity contribution is 1.01. The van der Waals surface area contributed by atoms with E-state index in [0.717, 1.165) is 27.7 Å². The molecule has 0 fully saturated rings. The summed E-state index contributed by atoms with van der Waals surface area (Å²) in [6.07, 6.45) is 0. The molecule has 0 spiro atoms. The molecule has 10 aromatic rings. The Morgan fingerprint density at radius 1 is 0.489 bits per heavy atom. The Morgan fingerprint density at radius 3 is 2.13 bits per heavy atom. The number of benzene rings is 7. The minimum absolute atomic E-state index is 0.710. The second-order valence-corrected chi connectivity index (χ2v) is 13.8. The highest BCUT2D eigenvalue weighted by Gasteiger charge is 2.27. The van der Waals surface area contributed by atoms with Crippen molar-refractivity contribution in [2.24, 2.45) is 0 Å². The number of thiophene rings is 1. The molecule has 0 aliphatic carbocycles. The van der Waals surface area contributed by atoms with Gasteiger partial charge in [0.1, 0.15) is 0 Å². The van der Waals surface area contributed by atoms with Gasteiger partial charge in [-0.1, -0.05) is 115 Å². The van der Waals surface area contributed by atoms with E-state index in [4.69, 9.17) is 9.97 Å². The molecule has 3 aromatic heterocycles. The molecule has 0 bridgehead atoms. The average molecular weight is 608 g/mol. The van der Waals surface area contributed by atoms with Crippen LogP contribution in [0.1, 0.15) is 0 Å². The van der Waals surface area contributed by atoms with Gasteiger partial charge >= 0.3 is 0 Å². The third-order valence-corrected chi connectivity index (χ3v) is 11.7. The molecule has 11 rings (SSSR count). The molecule has 1 aliphatic rings. The van der Waals surface area contributed by atoms with Crippen LogP contribution in [0.4, 0.5) is 0 Å². The van der Waals surface area contributed by atoms with E-state index in [9.17, 15) is 0 Å². The second kappa shape index (κ2) is 8.69. The zero-order valence-electron chi connectivity index (χ0n) is 23.8. The molecule has 0 saturated heterocycles. The van der Waals surface area contributed by atoms with Gasteiger partial charge in [0.25, 0.3) is 0 Å². The van der Waals surface area contributed by atoms with Gasteiger partial charge in [-0.3, -0.25) is 4.57 Å². The summed E-state index contributed by atoms with van der Waals surface area (Å²) in [5.74, 6) is 0.710. The van der Waals surface area contributed by atoms with Crippen LogP contribution in [-0.4, -0.2) is 14.5 Å². The maximum Gasteiger partial charge on any atom is 0.235 e. The van der Waals surface area contributed by atoms with E-state index < -0.39 is 0 Å². The number of hydrogen-bond donors (Lipinski definition) is 0. The van der Waals surface area contributed by atoms with Gasteiger partial charge < -0.3 is 0 Å². The van der Waals surface area contributed by atoms with Crippen molar-refractivity contribution in [3.8, 4) is 17.2 Å². The van der Waals surface area contributed by atoms with Gasteiger partial charge in [-0.25, -0.2) is 9.97 Å². The van der Waals surface area contributed by atoms with E-state index in [2.05, 4.69) is 132 Å². The van der Waals surface area contributed by atoms with Crippen molar-refractivity contribution in [3.05, 3.63) is 127 Å². The maximum absolute atomic E-state index is 5.51. The molecule has 3 nitrogen and oxygen atoms in total. The van der Waals surface area contributed by atoms with E-state index in [1.807, 2.05) is 11.3 Å². The fraction of sp³-hybridized carbons (Fsp3) is 0. The van der Waals surface area contributed by atoms with Gasteiger partial charge in [-0.15, -0.1) is 11.3 Å². The first-order chi connectivity index (χ1) is 22.3. The molecule has 0 radical (unpaired) electrons. The first-order valence-electron chi connectivity index (χ1n) is 15.1. The largest absolute Gasteiger partial charge is 0.276 e. The highest BCUT2D eigenvalue weighted by Crippen LogP contribution is 2.50. The third kappa shape index (κ3) is 3.11. The van der Waals surface area contributed by atoms with Crippen LogP contribution in [0.5, 0.6) is 0 Å². The summed E-state index contributed by atoms with van der Waals surface area (Å²) in [6, 6.07) is 46.0. The molecule has 208 valence electrons. The molecule has 7 aromatic carbocycles. The summed E-state index contributed by atoms with van der Waals surface area (Å²) in [5, 5.41) is 11.2. The fourth-order valence-electron chi connectivity index (χ4n) is 7.52. The quantitative estimate of drug-likeness (QED) is 0.186. The fourth-order valence-corrected chi connectivity index (χ4v) is 9.89. The molecular weight excluding hydrogens is 587 g/mol. The summed E-state index contributed by atoms with van der Waals surface area (Å²) >= 11 is 3.68. The Labute approximate surface area is 265 Å². The minimum Gasteiger partial charge on any atom is -0.276 e. The highest BCUT2D eigenvalue weighted by atomic mass is 32.2. The summed E-state index contributed by atoms with van der Waals surface area (Å²) in [4.78, 5) is 13.3. The third-order valence-electron chi connectivity index (χ3n) is 9.37. The van der Waals surface area contributed by atoms with Crippen LogP contribution in [0.3, 0.4) is 0 Å². The monoisotopic (exact) mass is 607 g/mol. The average Bonchev–Trinajstić information content (AvgIpc) is 3.66. The van der Waals surface area contributed by atoms with Gasteiger partial charge in [0.2, 0.25) is 5.95 Å². The molecule has 45 heavy (non-hydrogen) atoms. The van der Waals surface area contributed by atoms with Crippen molar-refractivity contribution in [2.75, 3.05) is 0 Å². The normalized spacial score (nSPS) is 12.8. The van der Waals surface area contributed by atoms with Gasteiger partial charge in [-0.05, 0) is 40.4 Å². The Balaban J connectivity index is 1.43. The molecule has 0 amide bonds. The summed E-state index contributed by atoms with van der Waals surface area (Å²) in [7, 11) is 0. The Hall–Kier alpha value is -5.23. The van der Waals surface area contributed by atoms with Gasteiger partial charge in [0.05, 0.1) is 26.9 Å². The van der Waals surface area contributed by atoms with E-state index in [1.165, 1.54) is 67.8 Å². The SMILES string of the molecule is c1ccc2c(c1)Sc1cccc3nc(-n4c5c6ccccc6ccc5c5c6ccccc6c6c7ccccc7sc6c54)nc-2c13. The molecular formula is C40H21N3S2. The molecule has 0 saturated carbocycles. The van der Waals surface area contributed by atoms with Crippen molar-refractivity contribution in [2.45, 2.75) is 9.79 Å². The van der Waals surface area contributed by atoms with Gasteiger partial charge in [0, 0.05) is 52.4 Å². The number of nitrogens with zero attached hydrogens (tertiary/aromatic N) is 3. The molecule has 0 N–H and O–H groups in total. The standard InChI is InChI=1S/C40H21N3S2/c1-2-11-23-22(10-1)20-21-28-33-24-12-3-4-13-25(24)34-26-14-5-7-17-30(26)45-39(34)38(33)43(37(23)28)40-41-29-16-9-19-32-35(29)36(42-40)27-15-6-8-18-31(27)44-32/h1-21H. The Morgan fingerprint density at radius 2 is 1.22 bits per heavy atom. The van der Waals surface area contributed by atoms with Crippen molar-refractivity contribution >= 4 is 97.5 Å². The van der Waals surface area contributed by atoms with Crippen molar-refractivity contribution in [1.82, 2.24) is 14.5 Å². The van der Waals surface area contributed by atoms with Crippen molar-refractivity contribution in [1.29, 1.82) is 0 Å². The van der Waals surface area contributed by atoms with Crippen LogP contribution in [0, 0.1) is 0 Å². The molecule has 0 unspecified atom stereocenters. The zero-order chi connectivity index (χ0) is 29.2. The first-order valence-corrected chi connectivity index (χ1v) is 16.7. The predicted molar refractivity (Wildman–Crippen MR) is 191 cm³/mol. The van der Waals surface area contributed by atoms with Crippen LogP contribution in [-0.2, 0) is 0 Å². The summed E-state index contributed by atoms with van der Waals surface area (Å²) in [6.45, 7) is 0. The number of aromatic nitrogens is 3. The molecule has 0 atom stereocenters. The molecule has 1 aliphatic heterocycles. The number of fused-ring (bicyclic) bond motifs is 14. The van der Waals surface area contributed by atoms with Crippen LogP contribution in [0.2, 0.25) is 0 Å².